The molecule has 218 valence electrons. The lowest BCUT2D eigenvalue weighted by Gasteiger charge is -2.39. The minimum atomic E-state index is -1.31. The van der Waals surface area contributed by atoms with Crippen LogP contribution in [0.2, 0.25) is 0 Å². The SMILES string of the molecule is CC(=O)O.COc1ccc(CC(=O)C2CN(c3cc(C)c4c(=O)c(C(=O)O)cn(-c5nc(C6CC6)ns5)c4n3)C2)nc1. The third-order valence-corrected chi connectivity index (χ3v) is 7.73. The first-order valence-corrected chi connectivity index (χ1v) is 13.9. The largest absolute Gasteiger partial charge is 0.495 e. The Morgan fingerprint density at radius 3 is 2.45 bits per heavy atom. The molecule has 13 nitrogen and oxygen atoms in total. The Morgan fingerprint density at radius 2 is 1.86 bits per heavy atom. The van der Waals surface area contributed by atoms with Crippen molar-refractivity contribution in [3.05, 3.63) is 63.5 Å². The van der Waals surface area contributed by atoms with Crippen LogP contribution in [0.4, 0.5) is 5.82 Å². The highest BCUT2D eigenvalue weighted by Crippen LogP contribution is 2.39. The van der Waals surface area contributed by atoms with Gasteiger partial charge in [0.2, 0.25) is 10.6 Å². The number of carbonyl (C=O) groups excluding carboxylic acids is 1. The van der Waals surface area contributed by atoms with Gasteiger partial charge in [0.05, 0.1) is 24.6 Å². The van der Waals surface area contributed by atoms with Crippen LogP contribution in [0.25, 0.3) is 16.2 Å². The highest BCUT2D eigenvalue weighted by molar-refractivity contribution is 7.08. The smallest absolute Gasteiger partial charge is 0.341 e. The van der Waals surface area contributed by atoms with Crippen molar-refractivity contribution in [2.45, 2.75) is 39.0 Å². The molecule has 0 spiro atoms. The molecule has 0 aromatic carbocycles. The molecule has 2 aliphatic rings. The van der Waals surface area contributed by atoms with Crippen LogP contribution < -0.4 is 15.1 Å². The van der Waals surface area contributed by atoms with Gasteiger partial charge in [-0.3, -0.25) is 23.9 Å². The maximum atomic E-state index is 13.1. The quantitative estimate of drug-likeness (QED) is 0.306. The molecule has 0 amide bonds. The number of fused-ring (bicyclic) bond motifs is 1. The van der Waals surface area contributed by atoms with Gasteiger partial charge in [0, 0.05) is 55.8 Å². The normalized spacial score (nSPS) is 14.6. The molecule has 1 aliphatic carbocycles. The zero-order chi connectivity index (χ0) is 30.1. The molecule has 0 bridgehead atoms. The van der Waals surface area contributed by atoms with Gasteiger partial charge >= 0.3 is 5.97 Å². The minimum Gasteiger partial charge on any atom is -0.495 e. The first-order chi connectivity index (χ1) is 20.0. The second kappa shape index (κ2) is 11.6. The zero-order valence-corrected chi connectivity index (χ0v) is 23.9. The standard InChI is InChI=1S/C26H24N6O5S.C2H4O2/c1-13-7-20(31-10-15(11-31)19(33)8-16-5-6-17(37-2)9-27-16)28-24-21(13)22(34)18(25(35)36)12-32(24)26-29-23(30-38-26)14-3-4-14;1-2(3)4/h5-7,9,12,14-15H,3-4,8,10-11H2,1-2H3,(H,35,36);1H3,(H,3,4). The van der Waals surface area contributed by atoms with E-state index in [-0.39, 0.29) is 29.1 Å². The van der Waals surface area contributed by atoms with E-state index in [1.54, 1.807) is 43.0 Å². The monoisotopic (exact) mass is 592 g/mol. The van der Waals surface area contributed by atoms with E-state index < -0.39 is 17.4 Å². The number of hydrogen-bond acceptors (Lipinski definition) is 11. The van der Waals surface area contributed by atoms with Gasteiger partial charge in [0.15, 0.2) is 5.65 Å². The minimum absolute atomic E-state index is 0.0981. The second-order valence-corrected chi connectivity index (χ2v) is 10.9. The molecule has 42 heavy (non-hydrogen) atoms. The molecule has 4 aromatic rings. The van der Waals surface area contributed by atoms with Gasteiger partial charge in [-0.25, -0.2) is 14.8 Å². The predicted octanol–water partition coefficient (Wildman–Crippen LogP) is 2.86. The van der Waals surface area contributed by atoms with Crippen molar-refractivity contribution in [3.8, 4) is 10.9 Å². The van der Waals surface area contributed by atoms with Crippen LogP contribution in [0.15, 0.2) is 35.4 Å². The van der Waals surface area contributed by atoms with E-state index in [4.69, 9.17) is 19.6 Å². The zero-order valence-electron chi connectivity index (χ0n) is 23.1. The first kappa shape index (κ1) is 28.8. The first-order valence-electron chi connectivity index (χ1n) is 13.2. The number of aromatic nitrogens is 5. The number of ketones is 1. The number of carboxylic acid groups (broad SMARTS) is 2. The highest BCUT2D eigenvalue weighted by atomic mass is 32.1. The third kappa shape index (κ3) is 5.98. The van der Waals surface area contributed by atoms with Gasteiger partial charge < -0.3 is 19.8 Å². The van der Waals surface area contributed by atoms with Crippen molar-refractivity contribution in [2.75, 3.05) is 25.1 Å². The van der Waals surface area contributed by atoms with Gasteiger partial charge in [-0.2, -0.15) is 4.37 Å². The maximum Gasteiger partial charge on any atom is 0.341 e. The molecule has 1 aliphatic heterocycles. The molecular weight excluding hydrogens is 564 g/mol. The summed E-state index contributed by atoms with van der Waals surface area (Å²) in [5.41, 5.74) is 0.687. The molecule has 0 radical (unpaired) electrons. The summed E-state index contributed by atoms with van der Waals surface area (Å²) in [6.45, 7) is 3.84. The topological polar surface area (TPSA) is 178 Å². The van der Waals surface area contributed by atoms with Crippen molar-refractivity contribution in [1.82, 2.24) is 23.9 Å². The molecule has 0 atom stereocenters. The van der Waals surface area contributed by atoms with Crippen LogP contribution in [0.5, 0.6) is 5.75 Å². The van der Waals surface area contributed by atoms with Gasteiger partial charge in [0.1, 0.15) is 28.7 Å². The van der Waals surface area contributed by atoms with Crippen LogP contribution in [-0.4, -0.2) is 72.0 Å². The number of aryl methyl sites for hydroxylation is 1. The average molecular weight is 593 g/mol. The number of Topliss-reactive ketones (excluding diaryl/α,β-unsaturated/α-hetero) is 1. The van der Waals surface area contributed by atoms with E-state index in [0.717, 1.165) is 37.1 Å². The number of aliphatic carboxylic acids is 1. The summed E-state index contributed by atoms with van der Waals surface area (Å²) in [6.07, 6.45) is 5.19. The molecule has 14 heteroatoms. The number of pyridine rings is 3. The number of carbonyl (C=O) groups is 3. The summed E-state index contributed by atoms with van der Waals surface area (Å²) in [6, 6.07) is 5.33. The fourth-order valence-electron chi connectivity index (χ4n) is 4.60. The van der Waals surface area contributed by atoms with Gasteiger partial charge in [-0.15, -0.1) is 0 Å². The fraction of sp³-hybridized carbons (Fsp3) is 0.357. The van der Waals surface area contributed by atoms with Crippen molar-refractivity contribution in [3.63, 3.8) is 0 Å². The van der Waals surface area contributed by atoms with Gasteiger partial charge in [0.25, 0.3) is 5.97 Å². The van der Waals surface area contributed by atoms with E-state index in [0.29, 0.717) is 52.6 Å². The molecule has 6 rings (SSSR count). The molecule has 5 heterocycles. The molecule has 2 fully saturated rings. The van der Waals surface area contributed by atoms with Crippen LogP contribution in [0.3, 0.4) is 0 Å². The van der Waals surface area contributed by atoms with E-state index in [9.17, 15) is 19.5 Å². The third-order valence-electron chi connectivity index (χ3n) is 7.00. The Balaban J connectivity index is 0.000000830. The molecule has 1 saturated carbocycles. The van der Waals surface area contributed by atoms with Crippen molar-refractivity contribution >= 4 is 46.1 Å². The number of rotatable bonds is 8. The molecule has 4 aromatic heterocycles. The lowest BCUT2D eigenvalue weighted by molar-refractivity contribution is -0.134. The summed E-state index contributed by atoms with van der Waals surface area (Å²) in [4.78, 5) is 62.4. The van der Waals surface area contributed by atoms with Crippen molar-refractivity contribution < 1.29 is 29.3 Å². The molecule has 0 unspecified atom stereocenters. The fourth-order valence-corrected chi connectivity index (χ4v) is 5.32. The number of methoxy groups -OCH3 is 1. The summed E-state index contributed by atoms with van der Waals surface area (Å²) < 4.78 is 11.1. The van der Waals surface area contributed by atoms with Crippen LogP contribution in [0.1, 0.15) is 53.1 Å². The summed E-state index contributed by atoms with van der Waals surface area (Å²) in [7, 11) is 1.57. The number of ether oxygens (including phenoxy) is 1. The van der Waals surface area contributed by atoms with Gasteiger partial charge in [-0.05, 0) is 43.5 Å². The summed E-state index contributed by atoms with van der Waals surface area (Å²) in [5, 5.41) is 17.8. The van der Waals surface area contributed by atoms with Crippen LogP contribution >= 0.6 is 11.5 Å². The number of carboxylic acids is 2. The second-order valence-electron chi connectivity index (χ2n) is 10.2. The number of hydrogen-bond donors (Lipinski definition) is 2. The average Bonchev–Trinajstić information content (AvgIpc) is 3.64. The summed E-state index contributed by atoms with van der Waals surface area (Å²) in [5.74, 6) is 0.121. The van der Waals surface area contributed by atoms with Crippen LogP contribution in [-0.2, 0) is 16.0 Å². The Morgan fingerprint density at radius 1 is 1.14 bits per heavy atom. The number of anilines is 1. The Hall–Kier alpha value is -4.72. The van der Waals surface area contributed by atoms with E-state index in [1.807, 2.05) is 4.90 Å². The highest BCUT2D eigenvalue weighted by Gasteiger charge is 2.34. The number of nitrogens with zero attached hydrogens (tertiary/aromatic N) is 6. The van der Waals surface area contributed by atoms with E-state index in [2.05, 4.69) is 14.3 Å². The van der Waals surface area contributed by atoms with E-state index in [1.165, 1.54) is 6.20 Å². The lowest BCUT2D eigenvalue weighted by Crippen LogP contribution is -2.51. The summed E-state index contributed by atoms with van der Waals surface area (Å²) >= 11 is 1.15. The van der Waals surface area contributed by atoms with Gasteiger partial charge in [-0.1, -0.05) is 0 Å². The Bertz CT molecular complexity index is 1740. The molecule has 1 saturated heterocycles. The Kier molecular flexibility index (Phi) is 7.98. The van der Waals surface area contributed by atoms with E-state index >= 15 is 0 Å². The Labute approximate surface area is 243 Å². The van der Waals surface area contributed by atoms with Crippen molar-refractivity contribution in [1.29, 1.82) is 0 Å². The predicted molar refractivity (Wildman–Crippen MR) is 153 cm³/mol. The molecular formula is C28H28N6O7S. The molecule has 2 N–H and O–H groups in total. The lowest BCUT2D eigenvalue weighted by atomic mass is 9.92. The maximum absolute atomic E-state index is 13.1. The number of aromatic carboxylic acids is 1. The van der Waals surface area contributed by atoms with Crippen molar-refractivity contribution in [2.24, 2.45) is 5.92 Å². The van der Waals surface area contributed by atoms with Crippen LogP contribution in [0, 0.1) is 12.8 Å².